The summed E-state index contributed by atoms with van der Waals surface area (Å²) in [5.41, 5.74) is 2.71. The maximum Gasteiger partial charge on any atom is 0.264 e. The Hall–Kier alpha value is -4.34. The molecule has 48 heavy (non-hydrogen) atoms. The molecule has 2 amide bonds. The maximum atomic E-state index is 14.8. The van der Waals surface area contributed by atoms with Crippen LogP contribution >= 0.6 is 11.6 Å². The van der Waals surface area contributed by atoms with Gasteiger partial charge in [0.1, 0.15) is 18.3 Å². The van der Waals surface area contributed by atoms with Gasteiger partial charge in [0, 0.05) is 24.0 Å². The van der Waals surface area contributed by atoms with E-state index in [0.717, 1.165) is 41.1 Å². The van der Waals surface area contributed by atoms with E-state index in [1.165, 1.54) is 17.0 Å². The van der Waals surface area contributed by atoms with Crippen molar-refractivity contribution in [1.82, 2.24) is 10.2 Å². The van der Waals surface area contributed by atoms with Crippen LogP contribution in [0.25, 0.3) is 0 Å². The van der Waals surface area contributed by atoms with E-state index < -0.39 is 28.5 Å². The van der Waals surface area contributed by atoms with Crippen molar-refractivity contribution in [1.29, 1.82) is 0 Å². The van der Waals surface area contributed by atoms with Gasteiger partial charge in [0.05, 0.1) is 17.2 Å². The maximum absolute atomic E-state index is 14.8. The van der Waals surface area contributed by atoms with Gasteiger partial charge in [0.25, 0.3) is 10.0 Å². The fraction of sp³-hybridized carbons (Fsp3) is 0.316. The summed E-state index contributed by atoms with van der Waals surface area (Å²) < 4.78 is 35.7. The van der Waals surface area contributed by atoms with E-state index in [9.17, 15) is 18.0 Å². The van der Waals surface area contributed by atoms with Gasteiger partial charge in [0.15, 0.2) is 0 Å². The Balaban J connectivity index is 1.59. The molecule has 1 atom stereocenters. The number of nitrogens with one attached hydrogen (secondary N) is 1. The van der Waals surface area contributed by atoms with Gasteiger partial charge >= 0.3 is 0 Å². The first-order valence-corrected chi connectivity index (χ1v) is 18.2. The molecule has 4 aromatic carbocycles. The second-order valence-corrected chi connectivity index (χ2v) is 14.4. The molecule has 0 bridgehead atoms. The lowest BCUT2D eigenvalue weighted by Gasteiger charge is -2.34. The number of halogens is 1. The van der Waals surface area contributed by atoms with Crippen molar-refractivity contribution in [2.24, 2.45) is 0 Å². The second-order valence-electron chi connectivity index (χ2n) is 12.1. The number of sulfonamides is 1. The van der Waals surface area contributed by atoms with Crippen LogP contribution in [-0.4, -0.2) is 50.4 Å². The minimum atomic E-state index is -4.26. The monoisotopic (exact) mass is 687 g/mol. The highest BCUT2D eigenvalue weighted by atomic mass is 35.5. The molecule has 0 radical (unpaired) electrons. The standard InChI is InChI=1S/C38H42ClN3O5S/c1-3-47-36-19-10-9-18-34(36)42(48(45,46)33-22-20-28(2)21-23-33)27-37(43)41(26-30-14-11-15-31(39)24-30)35(25-29-12-5-4-6-13-29)38(44)40-32-16-7-8-17-32/h4-6,9-15,18-24,32,35H,3,7-8,16-17,25-27H2,1-2H3,(H,40,44). The molecule has 0 spiro atoms. The number of hydrogen-bond donors (Lipinski definition) is 1. The van der Waals surface area contributed by atoms with Crippen LogP contribution in [0.15, 0.2) is 108 Å². The number of carbonyl (C=O) groups excluding carboxylic acids is 2. The highest BCUT2D eigenvalue weighted by Crippen LogP contribution is 2.33. The van der Waals surface area contributed by atoms with Crippen molar-refractivity contribution < 1.29 is 22.7 Å². The summed E-state index contributed by atoms with van der Waals surface area (Å²) in [6.07, 6.45) is 4.06. The van der Waals surface area contributed by atoms with Crippen molar-refractivity contribution in [2.45, 2.75) is 69.5 Å². The number of para-hydroxylation sites is 2. The number of ether oxygens (including phenoxy) is 1. The zero-order valence-electron chi connectivity index (χ0n) is 27.3. The predicted molar refractivity (Wildman–Crippen MR) is 190 cm³/mol. The average Bonchev–Trinajstić information content (AvgIpc) is 3.59. The fourth-order valence-corrected chi connectivity index (χ4v) is 7.68. The highest BCUT2D eigenvalue weighted by molar-refractivity contribution is 7.92. The number of amides is 2. The summed E-state index contributed by atoms with van der Waals surface area (Å²) in [6.45, 7) is 3.46. The lowest BCUT2D eigenvalue weighted by Crippen LogP contribution is -2.54. The lowest BCUT2D eigenvalue weighted by molar-refractivity contribution is -0.140. The Kier molecular flexibility index (Phi) is 11.8. The van der Waals surface area contributed by atoms with Gasteiger partial charge < -0.3 is 15.0 Å². The van der Waals surface area contributed by atoms with E-state index >= 15 is 0 Å². The molecular weight excluding hydrogens is 646 g/mol. The molecular formula is C38H42ClN3O5S. The van der Waals surface area contributed by atoms with Crippen LogP contribution in [0.1, 0.15) is 49.3 Å². The van der Waals surface area contributed by atoms with Crippen LogP contribution in [-0.2, 0) is 32.6 Å². The number of nitrogens with zero attached hydrogens (tertiary/aromatic N) is 2. The van der Waals surface area contributed by atoms with Gasteiger partial charge in [-0.05, 0) is 74.2 Å². The molecule has 0 aliphatic heterocycles. The van der Waals surface area contributed by atoms with E-state index in [1.54, 1.807) is 54.6 Å². The molecule has 8 nitrogen and oxygen atoms in total. The molecule has 1 saturated carbocycles. The first-order valence-electron chi connectivity index (χ1n) is 16.3. The smallest absolute Gasteiger partial charge is 0.264 e. The van der Waals surface area contributed by atoms with E-state index in [0.29, 0.717) is 22.9 Å². The van der Waals surface area contributed by atoms with Gasteiger partial charge in [-0.25, -0.2) is 8.42 Å². The number of benzene rings is 4. The Labute approximate surface area is 288 Å². The number of hydrogen-bond acceptors (Lipinski definition) is 5. The van der Waals surface area contributed by atoms with Crippen molar-refractivity contribution >= 4 is 39.1 Å². The van der Waals surface area contributed by atoms with Gasteiger partial charge in [-0.2, -0.15) is 0 Å². The van der Waals surface area contributed by atoms with Gasteiger partial charge in [-0.1, -0.05) is 96.7 Å². The summed E-state index contributed by atoms with van der Waals surface area (Å²) in [5.74, 6) is -0.493. The highest BCUT2D eigenvalue weighted by Gasteiger charge is 2.36. The largest absolute Gasteiger partial charge is 0.492 e. The molecule has 1 aliphatic carbocycles. The molecule has 0 heterocycles. The summed E-state index contributed by atoms with van der Waals surface area (Å²) in [5, 5.41) is 3.68. The Morgan fingerprint density at radius 1 is 0.896 bits per heavy atom. The number of rotatable bonds is 14. The van der Waals surface area contributed by atoms with Crippen molar-refractivity contribution in [3.8, 4) is 5.75 Å². The Bertz CT molecular complexity index is 1790. The Morgan fingerprint density at radius 3 is 2.25 bits per heavy atom. The third-order valence-corrected chi connectivity index (χ3v) is 10.5. The molecule has 0 aromatic heterocycles. The van der Waals surface area contributed by atoms with Crippen molar-refractivity contribution in [3.63, 3.8) is 0 Å². The second kappa shape index (κ2) is 16.2. The average molecular weight is 688 g/mol. The molecule has 1 unspecified atom stereocenters. The molecule has 1 fully saturated rings. The molecule has 10 heteroatoms. The lowest BCUT2D eigenvalue weighted by atomic mass is 10.0. The fourth-order valence-electron chi connectivity index (χ4n) is 6.05. The number of anilines is 1. The zero-order chi connectivity index (χ0) is 34.1. The number of aryl methyl sites for hydroxylation is 1. The summed E-state index contributed by atoms with van der Waals surface area (Å²) in [7, 11) is -4.26. The topological polar surface area (TPSA) is 96.0 Å². The molecule has 1 aliphatic rings. The van der Waals surface area contributed by atoms with Crippen LogP contribution in [0.3, 0.4) is 0 Å². The molecule has 4 aromatic rings. The SMILES string of the molecule is CCOc1ccccc1N(CC(=O)N(Cc1cccc(Cl)c1)C(Cc1ccccc1)C(=O)NC1CCCC1)S(=O)(=O)c1ccc(C)cc1. The van der Waals surface area contributed by atoms with Gasteiger partial charge in [0.2, 0.25) is 11.8 Å². The van der Waals surface area contributed by atoms with Crippen molar-refractivity contribution in [3.05, 3.63) is 125 Å². The normalized spacial score (nSPS) is 13.9. The van der Waals surface area contributed by atoms with Crippen LogP contribution in [0.4, 0.5) is 5.69 Å². The first-order chi connectivity index (χ1) is 23.2. The van der Waals surface area contributed by atoms with E-state index in [1.807, 2.05) is 50.2 Å². The van der Waals surface area contributed by atoms with Gasteiger partial charge in [-0.3, -0.25) is 13.9 Å². The molecule has 252 valence electrons. The van der Waals surface area contributed by atoms with Crippen molar-refractivity contribution in [2.75, 3.05) is 17.5 Å². The summed E-state index contributed by atoms with van der Waals surface area (Å²) in [6, 6.07) is 29.0. The third kappa shape index (κ3) is 8.76. The molecule has 1 N–H and O–H groups in total. The number of carbonyl (C=O) groups is 2. The van der Waals surface area contributed by atoms with Crippen LogP contribution in [0.5, 0.6) is 5.75 Å². The van der Waals surface area contributed by atoms with Crippen LogP contribution in [0, 0.1) is 6.92 Å². The third-order valence-electron chi connectivity index (χ3n) is 8.54. The van der Waals surface area contributed by atoms with Crippen LogP contribution in [0.2, 0.25) is 5.02 Å². The van der Waals surface area contributed by atoms with Gasteiger partial charge in [-0.15, -0.1) is 0 Å². The zero-order valence-corrected chi connectivity index (χ0v) is 28.9. The molecule has 0 saturated heterocycles. The summed E-state index contributed by atoms with van der Waals surface area (Å²) >= 11 is 6.36. The first kappa shape index (κ1) is 35.0. The van der Waals surface area contributed by atoms with E-state index in [4.69, 9.17) is 16.3 Å². The predicted octanol–water partition coefficient (Wildman–Crippen LogP) is 6.94. The summed E-state index contributed by atoms with van der Waals surface area (Å²) in [4.78, 5) is 30.5. The minimum Gasteiger partial charge on any atom is -0.492 e. The van der Waals surface area contributed by atoms with E-state index in [2.05, 4.69) is 5.32 Å². The van der Waals surface area contributed by atoms with Crippen LogP contribution < -0.4 is 14.4 Å². The quantitative estimate of drug-likeness (QED) is 0.155. The Morgan fingerprint density at radius 2 is 1.56 bits per heavy atom. The molecule has 5 rings (SSSR count). The minimum absolute atomic E-state index is 0.0235. The van der Waals surface area contributed by atoms with E-state index in [-0.39, 0.29) is 35.5 Å².